The summed E-state index contributed by atoms with van der Waals surface area (Å²) in [6, 6.07) is 0. The van der Waals surface area contributed by atoms with E-state index in [1.165, 1.54) is 57.8 Å². The van der Waals surface area contributed by atoms with E-state index in [1.54, 1.807) is 19.1 Å². The van der Waals surface area contributed by atoms with Crippen molar-refractivity contribution in [3.8, 4) is 0 Å². The zero-order valence-electron chi connectivity index (χ0n) is 35.1. The molecule has 0 radical (unpaired) electrons. The maximum atomic E-state index is 12.5. The molecule has 0 aromatic rings. The van der Waals surface area contributed by atoms with E-state index >= 15 is 0 Å². The third kappa shape index (κ3) is 25.6. The maximum absolute atomic E-state index is 12.5. The van der Waals surface area contributed by atoms with Crippen molar-refractivity contribution in [3.63, 3.8) is 0 Å². The minimum atomic E-state index is -4.89. The van der Waals surface area contributed by atoms with Crippen LogP contribution < -0.4 is 0 Å². The van der Waals surface area contributed by atoms with Gasteiger partial charge in [0.25, 0.3) is 10.1 Å². The number of allylic oxidation sites excluding steroid dienone is 1. The van der Waals surface area contributed by atoms with Crippen LogP contribution in [-0.4, -0.2) is 140 Å². The van der Waals surface area contributed by atoms with E-state index in [9.17, 15) is 38.2 Å². The summed E-state index contributed by atoms with van der Waals surface area (Å²) in [6.07, 6.45) is 10.7. The van der Waals surface area contributed by atoms with Gasteiger partial charge in [-0.25, -0.2) is 0 Å². The molecule has 370 valence electrons. The van der Waals surface area contributed by atoms with Crippen molar-refractivity contribution < 1.29 is 48.0 Å². The predicted octanol–water partition coefficient (Wildman–Crippen LogP) is 10.8. The number of alkyl halides is 11. The molecule has 0 aromatic carbocycles. The third-order valence-corrected chi connectivity index (χ3v) is 17.9. The Labute approximate surface area is 424 Å². The molecule has 0 spiro atoms. The number of carbonyl (C=O) groups is 1. The predicted molar refractivity (Wildman–Crippen MR) is 261 cm³/mol. The van der Waals surface area contributed by atoms with Crippen LogP contribution in [0.2, 0.25) is 0 Å². The monoisotopic (exact) mass is 1120 g/mol. The number of hydrogen-bond acceptors (Lipinski definition) is 9. The zero-order chi connectivity index (χ0) is 47.8. The van der Waals surface area contributed by atoms with Crippen LogP contribution in [0, 0.1) is 0 Å². The summed E-state index contributed by atoms with van der Waals surface area (Å²) in [5.41, 5.74) is 0. The molecule has 6 N–H and O–H groups in total. The Balaban J connectivity index is 5.07. The Morgan fingerprint density at radius 3 is 1.60 bits per heavy atom. The van der Waals surface area contributed by atoms with Gasteiger partial charge < -0.3 is 30.3 Å². The number of unbranched alkanes of at least 4 members (excludes halogenated alkanes) is 12. The molecule has 10 nitrogen and oxygen atoms in total. The van der Waals surface area contributed by atoms with Crippen LogP contribution in [0.3, 0.4) is 0 Å². The average molecular weight is 1130 g/mol. The molecule has 0 amide bonds. The number of hydrogen-bond donors (Lipinski definition) is 6. The quantitative estimate of drug-likeness (QED) is 0.0115. The first-order valence-electron chi connectivity index (χ1n) is 21.1. The molecule has 22 heteroatoms. The van der Waals surface area contributed by atoms with Gasteiger partial charge in [-0.3, -0.25) is 9.35 Å². The second-order valence-corrected chi connectivity index (χ2v) is 23.7. The third-order valence-electron chi connectivity index (χ3n) is 10.5. The molecule has 0 rings (SSSR count). The summed E-state index contributed by atoms with van der Waals surface area (Å²) in [6.45, 7) is 3.26. The highest BCUT2D eigenvalue weighted by Crippen LogP contribution is 2.39. The molecule has 0 heterocycles. The van der Waals surface area contributed by atoms with Crippen LogP contribution >= 0.6 is 128 Å². The van der Waals surface area contributed by atoms with Crippen LogP contribution in [0.25, 0.3) is 0 Å². The summed E-state index contributed by atoms with van der Waals surface area (Å²) in [7, 11) is -4.89. The highest BCUT2D eigenvalue weighted by molar-refractivity contribution is 7.86. The van der Waals surface area contributed by atoms with Gasteiger partial charge in [0.2, 0.25) is 0 Å². The van der Waals surface area contributed by atoms with E-state index in [-0.39, 0.29) is 25.2 Å². The molecular formula is C40H67Cl11O10S. The normalized spacial score (nSPS) is 20.2. The first kappa shape index (κ1) is 64.1. The highest BCUT2D eigenvalue weighted by atomic mass is 35.5. The Morgan fingerprint density at radius 2 is 1.13 bits per heavy atom. The largest absolute Gasteiger partial charge is 0.458 e. The van der Waals surface area contributed by atoms with Gasteiger partial charge in [-0.15, -0.1) is 104 Å². The second-order valence-electron chi connectivity index (χ2n) is 15.8. The van der Waals surface area contributed by atoms with E-state index in [2.05, 4.69) is 6.92 Å². The Bertz CT molecular complexity index is 1330. The summed E-state index contributed by atoms with van der Waals surface area (Å²) in [5, 5.41) is 36.8. The molecule has 0 fully saturated rings. The summed E-state index contributed by atoms with van der Waals surface area (Å²) >= 11 is 69.7. The summed E-state index contributed by atoms with van der Waals surface area (Å²) < 4.78 is 38.4. The molecule has 0 aliphatic carbocycles. The molecule has 0 saturated carbocycles. The van der Waals surface area contributed by atoms with Crippen molar-refractivity contribution in [1.29, 1.82) is 0 Å². The first-order chi connectivity index (χ1) is 28.8. The zero-order valence-corrected chi connectivity index (χ0v) is 44.3. The van der Waals surface area contributed by atoms with Gasteiger partial charge in [0.05, 0.1) is 73.3 Å². The lowest BCUT2D eigenvalue weighted by Gasteiger charge is -2.36. The van der Waals surface area contributed by atoms with Crippen molar-refractivity contribution in [3.05, 3.63) is 12.2 Å². The first-order valence-corrected chi connectivity index (χ1v) is 27.3. The number of aliphatic hydroxyl groups excluding tert-OH is 5. The Kier molecular flexibility index (Phi) is 35.6. The Morgan fingerprint density at radius 1 is 0.661 bits per heavy atom. The van der Waals surface area contributed by atoms with E-state index < -0.39 is 112 Å². The van der Waals surface area contributed by atoms with Gasteiger partial charge in [0, 0.05) is 6.42 Å². The van der Waals surface area contributed by atoms with Crippen LogP contribution in [-0.2, 0) is 19.6 Å². The lowest BCUT2D eigenvalue weighted by molar-refractivity contribution is -0.146. The molecular weight excluding hydrogens is 1060 g/mol. The van der Waals surface area contributed by atoms with Crippen molar-refractivity contribution in [1.82, 2.24) is 0 Å². The highest BCUT2D eigenvalue weighted by Gasteiger charge is 2.47. The number of aliphatic hydroxyl groups is 5. The number of rotatable bonds is 37. The fourth-order valence-corrected chi connectivity index (χ4v) is 11.4. The molecule has 0 aromatic heterocycles. The molecule has 0 unspecified atom stereocenters. The fraction of sp³-hybridized carbons (Fsp3) is 0.925. The van der Waals surface area contributed by atoms with Crippen molar-refractivity contribution in [2.24, 2.45) is 0 Å². The van der Waals surface area contributed by atoms with Gasteiger partial charge in [-0.1, -0.05) is 113 Å². The number of ether oxygens (including phenoxy) is 1. The smallest absolute Gasteiger partial charge is 0.306 e. The lowest BCUT2D eigenvalue weighted by atomic mass is 9.96. The van der Waals surface area contributed by atoms with Gasteiger partial charge in [-0.2, -0.15) is 8.42 Å². The van der Waals surface area contributed by atoms with Crippen LogP contribution in [0.1, 0.15) is 129 Å². The standard InChI is InChI=1S/C40H67Cl11O10S/c1-3-4-5-6-7-8-9-10-11-12-13-14-15-19-30(54)61-24(2)17-16-18-26(42)31(44)29(62(58,59)60)22-27(43)32(45)37(55)34(47)33(46)35(48)38(56)36(49)39(57)40(50,51)21-20-25(41)28(53)23-52/h16-17,24-29,31-39,52-53,55-57H,3-15,18-23H2,1-2H3,(H,58,59,60)/b17-16+/t24-,25-,26+,27-,28-,29-,31-,32-,33+,34+,35-,36-,37+,38-,39+/m0/s1. The summed E-state index contributed by atoms with van der Waals surface area (Å²) in [5.74, 6) is -0.334. The second kappa shape index (κ2) is 34.4. The minimum absolute atomic E-state index is 0.0182. The lowest BCUT2D eigenvalue weighted by Crippen LogP contribution is -2.52. The molecule has 15 atom stereocenters. The molecule has 0 saturated heterocycles. The fourth-order valence-electron chi connectivity index (χ4n) is 6.45. The molecule has 0 aliphatic heterocycles. The number of esters is 1. The van der Waals surface area contributed by atoms with Crippen LogP contribution in [0.4, 0.5) is 0 Å². The van der Waals surface area contributed by atoms with Gasteiger partial charge in [-0.05, 0) is 45.1 Å². The van der Waals surface area contributed by atoms with Crippen LogP contribution in [0.15, 0.2) is 12.2 Å². The van der Waals surface area contributed by atoms with Crippen molar-refractivity contribution in [2.45, 2.75) is 218 Å². The summed E-state index contributed by atoms with van der Waals surface area (Å²) in [4.78, 5) is 12.3. The molecule has 0 aliphatic rings. The van der Waals surface area contributed by atoms with Gasteiger partial charge in [0.15, 0.2) is 0 Å². The average Bonchev–Trinajstić information content (AvgIpc) is 3.22. The van der Waals surface area contributed by atoms with Crippen molar-refractivity contribution >= 4 is 144 Å². The van der Waals surface area contributed by atoms with E-state index in [1.807, 2.05) is 0 Å². The maximum Gasteiger partial charge on any atom is 0.306 e. The topological polar surface area (TPSA) is 182 Å². The Hall–Kier alpha value is 2.11. The van der Waals surface area contributed by atoms with Crippen LogP contribution in [0.5, 0.6) is 0 Å². The molecule has 62 heavy (non-hydrogen) atoms. The van der Waals surface area contributed by atoms with E-state index in [4.69, 9.17) is 137 Å². The van der Waals surface area contributed by atoms with Crippen molar-refractivity contribution in [2.75, 3.05) is 6.61 Å². The van der Waals surface area contributed by atoms with Gasteiger partial charge >= 0.3 is 5.97 Å². The molecule has 0 bridgehead atoms. The minimum Gasteiger partial charge on any atom is -0.458 e. The van der Waals surface area contributed by atoms with E-state index in [0.29, 0.717) is 6.42 Å². The number of carbonyl (C=O) groups excluding carboxylic acids is 1. The van der Waals surface area contributed by atoms with E-state index in [0.717, 1.165) is 25.7 Å². The van der Waals surface area contributed by atoms with Gasteiger partial charge in [0.1, 0.15) is 21.8 Å². The SMILES string of the molecule is CCCCCCCCCCCCCCCC(=O)O[C@@H](C)/C=C/C[C@@H](Cl)[C@H](Cl)[C@H](C[C@H](Cl)[C@H](Cl)[C@@H](O)[C@H](Cl)[C@@H](Cl)[C@H](Cl)[C@H](O)[C@H](Cl)[C@@H](O)C(Cl)(Cl)CC[C@H](Cl)[C@@H](O)CO)S(=O)(=O)O. The number of halogens is 11.